The summed E-state index contributed by atoms with van der Waals surface area (Å²) in [5.74, 6) is 0.372. The van der Waals surface area contributed by atoms with Crippen molar-refractivity contribution in [3.8, 4) is 43.2 Å². The Labute approximate surface area is 646 Å². The van der Waals surface area contributed by atoms with Gasteiger partial charge in [0, 0.05) is 145 Å². The number of rotatable bonds is 9. The third-order valence-electron chi connectivity index (χ3n) is 12.1. The first-order valence-electron chi connectivity index (χ1n) is 29.4. The van der Waals surface area contributed by atoms with Gasteiger partial charge in [0.25, 0.3) is 5.63 Å². The Bertz CT molecular complexity index is 4680. The number of hydrogen-bond donors (Lipinski definition) is 4. The summed E-state index contributed by atoms with van der Waals surface area (Å²) < 4.78 is 13.4. The number of benzene rings is 7. The van der Waals surface area contributed by atoms with Crippen LogP contribution in [-0.4, -0.2) is 77.6 Å². The van der Waals surface area contributed by atoms with Crippen molar-refractivity contribution in [2.45, 2.75) is 55.4 Å². The number of aliphatic hydroxyl groups is 4. The van der Waals surface area contributed by atoms with Gasteiger partial charge in [-0.05, 0) is 115 Å². The molecule has 0 fully saturated rings. The second-order valence-electron chi connectivity index (χ2n) is 20.8. The van der Waals surface area contributed by atoms with Gasteiger partial charge in [-0.25, -0.2) is 11.3 Å². The predicted molar refractivity (Wildman–Crippen MR) is 389 cm³/mol. The van der Waals surface area contributed by atoms with Crippen LogP contribution in [0.3, 0.4) is 0 Å². The quantitative estimate of drug-likeness (QED) is 0.0454. The Balaban J connectivity index is 0.000000405. The van der Waals surface area contributed by atoms with E-state index in [-0.39, 0.29) is 127 Å². The van der Waals surface area contributed by atoms with Gasteiger partial charge in [0.2, 0.25) is 0 Å². The monoisotopic (exact) mass is 2110 g/mol. The van der Waals surface area contributed by atoms with Crippen LogP contribution in [0.25, 0.3) is 96.4 Å². The summed E-state index contributed by atoms with van der Waals surface area (Å²) in [7, 11) is 3.89. The molecule has 13 aromatic rings. The number of oxazole rings is 1. The molecule has 0 amide bonds. The number of carbonyl (C=O) groups excluding carboxylic acids is 4. The normalized spacial score (nSPS) is 10.6. The van der Waals surface area contributed by atoms with E-state index in [1.165, 1.54) is 107 Å². The minimum atomic E-state index is -0.410. The molecular formula is C77H69Ir4N5O11S3-4. The first kappa shape index (κ1) is 87.4. The van der Waals surface area contributed by atoms with E-state index in [2.05, 4.69) is 87.7 Å². The van der Waals surface area contributed by atoms with Gasteiger partial charge in [0.15, 0.2) is 23.1 Å². The largest absolute Gasteiger partial charge is 0.512 e. The van der Waals surface area contributed by atoms with Crippen molar-refractivity contribution >= 4 is 116 Å². The minimum Gasteiger partial charge on any atom is -0.512 e. The van der Waals surface area contributed by atoms with Crippen LogP contribution in [-0.2, 0) is 99.6 Å². The smallest absolute Gasteiger partial charge is 0.269 e. The van der Waals surface area contributed by atoms with E-state index in [4.69, 9.17) is 34.2 Å². The zero-order valence-electron chi connectivity index (χ0n) is 55.6. The van der Waals surface area contributed by atoms with E-state index < -0.39 is 5.63 Å². The summed E-state index contributed by atoms with van der Waals surface area (Å²) >= 11 is 4.85. The molecule has 526 valence electrons. The molecule has 100 heavy (non-hydrogen) atoms. The van der Waals surface area contributed by atoms with E-state index in [0.29, 0.717) is 22.0 Å². The van der Waals surface area contributed by atoms with Gasteiger partial charge >= 0.3 is 0 Å². The molecule has 0 atom stereocenters. The first-order chi connectivity index (χ1) is 45.9. The van der Waals surface area contributed by atoms with Gasteiger partial charge in [0.1, 0.15) is 11.5 Å². The average Bonchev–Trinajstić information content (AvgIpc) is 1.46. The topological polar surface area (TPSA) is 247 Å². The number of carbonyl (C=O) groups is 4. The molecule has 4 radical (unpaired) electrons. The van der Waals surface area contributed by atoms with Crippen LogP contribution in [0.1, 0.15) is 55.4 Å². The summed E-state index contributed by atoms with van der Waals surface area (Å²) in [5.41, 5.74) is 8.09. The minimum absolute atomic E-state index is 0. The van der Waals surface area contributed by atoms with E-state index in [0.717, 1.165) is 64.6 Å². The molecule has 7 aromatic carbocycles. The molecule has 23 heteroatoms. The van der Waals surface area contributed by atoms with E-state index in [1.807, 2.05) is 152 Å². The molecule has 6 aromatic heterocycles. The van der Waals surface area contributed by atoms with E-state index in [9.17, 15) is 24.0 Å². The fourth-order valence-electron chi connectivity index (χ4n) is 8.32. The molecule has 4 N–H and O–H groups in total. The Morgan fingerprint density at radius 1 is 0.490 bits per heavy atom. The molecule has 6 heterocycles. The van der Waals surface area contributed by atoms with Crippen LogP contribution in [0.2, 0.25) is 0 Å². The van der Waals surface area contributed by atoms with Crippen molar-refractivity contribution in [2.24, 2.45) is 0 Å². The van der Waals surface area contributed by atoms with Crippen molar-refractivity contribution in [3.05, 3.63) is 270 Å². The second kappa shape index (κ2) is 45.2. The molecule has 0 saturated carbocycles. The molecule has 0 bridgehead atoms. The van der Waals surface area contributed by atoms with Crippen LogP contribution in [0.5, 0.6) is 0 Å². The maximum absolute atomic E-state index is 12.3. The molecule has 0 aliphatic rings. The molecule has 13 rings (SSSR count). The van der Waals surface area contributed by atoms with Crippen molar-refractivity contribution in [2.75, 3.05) is 19.0 Å². The summed E-state index contributed by atoms with van der Waals surface area (Å²) in [4.78, 5) is 73.3. The maximum Gasteiger partial charge on any atom is 0.269 e. The van der Waals surface area contributed by atoms with Crippen LogP contribution in [0.15, 0.2) is 248 Å². The molecule has 16 nitrogen and oxygen atoms in total. The molecule has 0 aliphatic carbocycles. The summed E-state index contributed by atoms with van der Waals surface area (Å²) in [6.45, 7) is 11.4. The van der Waals surface area contributed by atoms with E-state index >= 15 is 0 Å². The molecule has 0 aliphatic heterocycles. The Morgan fingerprint density at radius 3 is 1.47 bits per heavy atom. The van der Waals surface area contributed by atoms with Gasteiger partial charge in [0.05, 0.1) is 50.2 Å². The van der Waals surface area contributed by atoms with Crippen LogP contribution in [0, 0.1) is 24.3 Å². The fraction of sp³-hybridized carbons (Fsp3) is 0.130. The van der Waals surface area contributed by atoms with Crippen LogP contribution < -0.4 is 10.5 Å². The summed E-state index contributed by atoms with van der Waals surface area (Å²) in [6.07, 6.45) is 6.46. The van der Waals surface area contributed by atoms with Gasteiger partial charge in [-0.3, -0.25) is 38.9 Å². The number of allylic oxidation sites excluding steroid dienone is 8. The number of fused-ring (bicyclic) bond motifs is 5. The number of hydrogen-bond acceptors (Lipinski definition) is 19. The van der Waals surface area contributed by atoms with Crippen LogP contribution in [0.4, 0.5) is 5.69 Å². The Morgan fingerprint density at radius 2 is 1.00 bits per heavy atom. The maximum atomic E-state index is 12.3. The van der Waals surface area contributed by atoms with E-state index in [1.54, 1.807) is 28.9 Å². The van der Waals surface area contributed by atoms with Gasteiger partial charge < -0.3 is 39.1 Å². The molecule has 0 spiro atoms. The summed E-state index contributed by atoms with van der Waals surface area (Å²) in [6, 6.07) is 70.1. The number of anilines is 1. The van der Waals surface area contributed by atoms with Crippen LogP contribution >= 0.6 is 34.0 Å². The fourth-order valence-corrected chi connectivity index (χ4v) is 10.9. The molecule has 0 saturated heterocycles. The predicted octanol–water partition coefficient (Wildman–Crippen LogP) is 18.9. The molecule has 0 unspecified atom stereocenters. The summed E-state index contributed by atoms with van der Waals surface area (Å²) in [5, 5.41) is 40.3. The van der Waals surface area contributed by atoms with Crippen molar-refractivity contribution in [1.29, 1.82) is 0 Å². The third kappa shape index (κ3) is 29.7. The number of pyridine rings is 1. The average molecular weight is 2110 g/mol. The van der Waals surface area contributed by atoms with Crippen molar-refractivity contribution in [1.82, 2.24) is 19.9 Å². The number of para-hydroxylation sites is 4. The first-order valence-corrected chi connectivity index (χ1v) is 31.9. The number of thiophene rings is 1. The number of thiazole rings is 2. The zero-order chi connectivity index (χ0) is 69.7. The second-order valence-corrected chi connectivity index (χ2v) is 23.8. The van der Waals surface area contributed by atoms with Gasteiger partial charge in [-0.2, -0.15) is 34.8 Å². The number of nitrogens with zero attached hydrogens (tertiary/aromatic N) is 5. The SMILES string of the molecule is CC(=O)C=C(C)O.CC(=O)C=C(C)O.CC(=O)C=C(C)O.CC(=O)C=C(C)O.CN(C)c1ccc2[c-]c(-c3nc4ccccc4s3)c(=O)oc2c1.[Ir].[Ir].[Ir].[Ir].[c-]1ccc2ccccc2c1-c1nc2ccccc2s1.[c-]1ccccc1-c1nc2ccccc2o1.[c-]1ccsc1-c1ccccn1. The Hall–Kier alpha value is -8.65. The standard InChI is InChI=1S/C18H13N2O2S.C17H10NS.C13H8NO.C9H6NS.4C5H8O2.4Ir/c1-20(2)12-8-7-11-9-13(18(21)22-15(11)10-12)17-19-14-5-3-4-6-16(14)23-17;1-2-8-13-12(6-1)7-5-9-14(13)17-18-15-10-3-4-11-16(15)19-17;1-2-6-10(7-3-1)13-14-11-8-4-5-9-12(11)15-13;1-2-6-10-8(4-1)9-5-3-7-11-9;4*1-4(6)3-5(2)7;;;;/h3-8,10H,1-2H3;1-8,10-11H;1-6,8-9H;1-4,6-7H;4*3,6H,1-2H3;;;;/q4*-1;;;;;;;;. The Kier molecular flexibility index (Phi) is 39.5. The third-order valence-corrected chi connectivity index (χ3v) is 15.1. The number of aliphatic hydroxyl groups excluding tert-OH is 4. The van der Waals surface area contributed by atoms with Gasteiger partial charge in [-0.1, -0.05) is 100 Å². The van der Waals surface area contributed by atoms with Crippen molar-refractivity contribution in [3.63, 3.8) is 0 Å². The van der Waals surface area contributed by atoms with Gasteiger partial charge in [-0.15, -0.1) is 77.0 Å². The van der Waals surface area contributed by atoms with Crippen molar-refractivity contribution < 1.29 is 129 Å². The number of aromatic nitrogens is 4. The molecular weight excluding hydrogens is 2040 g/mol. The zero-order valence-corrected chi connectivity index (χ0v) is 67.7. The number of ketones is 4.